The van der Waals surface area contributed by atoms with E-state index < -0.39 is 17.5 Å². The summed E-state index contributed by atoms with van der Waals surface area (Å²) in [6.07, 6.45) is 1.26. The third kappa shape index (κ3) is 3.78. The van der Waals surface area contributed by atoms with E-state index in [1.54, 1.807) is 0 Å². The molecule has 5 nitrogen and oxygen atoms in total. The molecule has 128 valence electrons. The Bertz CT molecular complexity index is 968. The monoisotopic (exact) mass is 382 g/mol. The molecule has 3 rings (SSSR count). The van der Waals surface area contributed by atoms with E-state index in [1.807, 2.05) is 0 Å². The van der Waals surface area contributed by atoms with Gasteiger partial charge in [0.05, 0.1) is 16.2 Å². The van der Waals surface area contributed by atoms with Crippen LogP contribution >= 0.6 is 23.2 Å². The van der Waals surface area contributed by atoms with Gasteiger partial charge >= 0.3 is 0 Å². The quantitative estimate of drug-likeness (QED) is 0.652. The lowest BCUT2D eigenvalue weighted by Gasteiger charge is -2.11. The summed E-state index contributed by atoms with van der Waals surface area (Å²) in [5, 5.41) is 5.73. The van der Waals surface area contributed by atoms with Crippen LogP contribution in [0.15, 0.2) is 36.7 Å². The van der Waals surface area contributed by atoms with Crippen LogP contribution < -0.4 is 10.6 Å². The Morgan fingerprint density at radius 1 is 1.12 bits per heavy atom. The molecule has 0 saturated carbocycles. The molecule has 0 aliphatic heterocycles. The van der Waals surface area contributed by atoms with Crippen LogP contribution in [0, 0.1) is 11.6 Å². The first-order chi connectivity index (χ1) is 12.0. The molecule has 0 aliphatic carbocycles. The molecule has 0 unspecified atom stereocenters. The maximum Gasteiger partial charge on any atom is 0.239 e. The first-order valence-corrected chi connectivity index (χ1v) is 7.91. The van der Waals surface area contributed by atoms with Gasteiger partial charge < -0.3 is 10.6 Å². The summed E-state index contributed by atoms with van der Waals surface area (Å²) in [5.41, 5.74) is 0.766. The highest BCUT2D eigenvalue weighted by atomic mass is 35.5. The van der Waals surface area contributed by atoms with Gasteiger partial charge in [0.15, 0.2) is 0 Å². The van der Waals surface area contributed by atoms with E-state index in [0.717, 1.165) is 0 Å². The van der Waals surface area contributed by atoms with Crippen LogP contribution in [0.1, 0.15) is 0 Å². The van der Waals surface area contributed by atoms with E-state index in [2.05, 4.69) is 20.6 Å². The van der Waals surface area contributed by atoms with Crippen LogP contribution in [-0.4, -0.2) is 21.8 Å². The molecule has 0 saturated heterocycles. The smallest absolute Gasteiger partial charge is 0.239 e. The van der Waals surface area contributed by atoms with E-state index in [4.69, 9.17) is 23.2 Å². The summed E-state index contributed by atoms with van der Waals surface area (Å²) in [6, 6.07) is 6.64. The molecule has 0 bridgehead atoms. The van der Waals surface area contributed by atoms with Crippen molar-refractivity contribution in [2.45, 2.75) is 0 Å². The van der Waals surface area contributed by atoms with Gasteiger partial charge in [-0.15, -0.1) is 11.6 Å². The number of hydrogen-bond donors (Lipinski definition) is 2. The van der Waals surface area contributed by atoms with Crippen LogP contribution in [0.25, 0.3) is 10.9 Å². The van der Waals surface area contributed by atoms with Crippen LogP contribution in [0.3, 0.4) is 0 Å². The number of anilines is 3. The Morgan fingerprint density at radius 3 is 2.64 bits per heavy atom. The van der Waals surface area contributed by atoms with Crippen molar-refractivity contribution in [3.8, 4) is 0 Å². The lowest BCUT2D eigenvalue weighted by molar-refractivity contribution is -0.113. The first-order valence-electron chi connectivity index (χ1n) is 7.00. The molecule has 0 aliphatic rings. The number of carbonyl (C=O) groups is 1. The van der Waals surface area contributed by atoms with Crippen molar-refractivity contribution in [1.82, 2.24) is 9.97 Å². The Morgan fingerprint density at radius 2 is 1.92 bits per heavy atom. The molecule has 9 heteroatoms. The third-order valence-electron chi connectivity index (χ3n) is 3.30. The molecule has 25 heavy (non-hydrogen) atoms. The molecule has 1 heterocycles. The zero-order valence-corrected chi connectivity index (χ0v) is 14.0. The van der Waals surface area contributed by atoms with Crippen LogP contribution in [0.4, 0.5) is 26.0 Å². The molecule has 2 aromatic carbocycles. The van der Waals surface area contributed by atoms with E-state index in [9.17, 15) is 13.6 Å². The number of carbonyl (C=O) groups excluding carboxylic acids is 1. The number of rotatable bonds is 4. The fraction of sp³-hybridized carbons (Fsp3) is 0.0625. The van der Waals surface area contributed by atoms with Gasteiger partial charge in [-0.05, 0) is 24.3 Å². The van der Waals surface area contributed by atoms with Gasteiger partial charge in [-0.1, -0.05) is 11.6 Å². The number of aromatic nitrogens is 2. The predicted molar refractivity (Wildman–Crippen MR) is 93.5 cm³/mol. The highest BCUT2D eigenvalue weighted by molar-refractivity contribution is 6.31. The maximum absolute atomic E-state index is 14.1. The molecule has 0 atom stereocenters. The minimum atomic E-state index is -0.652. The standard InChI is InChI=1S/C16H10Cl2F2N4O/c17-6-15(25)24-14-4-9-13(5-12(14)20)21-7-22-16(9)23-8-1-2-11(19)10(18)3-8/h1-5,7H,6H2,(H,24,25)(H,21,22,23). The number of fused-ring (bicyclic) bond motifs is 1. The summed E-state index contributed by atoms with van der Waals surface area (Å²) in [7, 11) is 0. The number of benzene rings is 2. The molecule has 0 radical (unpaired) electrons. The molecule has 1 amide bonds. The molecule has 2 N–H and O–H groups in total. The number of amides is 1. The van der Waals surface area contributed by atoms with Crippen molar-refractivity contribution >= 4 is 57.2 Å². The van der Waals surface area contributed by atoms with Crippen molar-refractivity contribution in [2.24, 2.45) is 0 Å². The highest BCUT2D eigenvalue weighted by Crippen LogP contribution is 2.29. The maximum atomic E-state index is 14.1. The molecular weight excluding hydrogens is 373 g/mol. The summed E-state index contributed by atoms with van der Waals surface area (Å²) in [6.45, 7) is 0. The summed E-state index contributed by atoms with van der Waals surface area (Å²) in [4.78, 5) is 19.5. The number of nitrogens with one attached hydrogen (secondary N) is 2. The number of nitrogens with zero attached hydrogens (tertiary/aromatic N) is 2. The average Bonchev–Trinajstić information content (AvgIpc) is 2.59. The van der Waals surface area contributed by atoms with Crippen LogP contribution in [0.5, 0.6) is 0 Å². The lowest BCUT2D eigenvalue weighted by atomic mass is 10.2. The minimum absolute atomic E-state index is 0.0480. The summed E-state index contributed by atoms with van der Waals surface area (Å²) < 4.78 is 27.3. The highest BCUT2D eigenvalue weighted by Gasteiger charge is 2.12. The van der Waals surface area contributed by atoms with E-state index in [1.165, 1.54) is 36.7 Å². The molecule has 0 fully saturated rings. The Labute approximate surface area is 151 Å². The number of hydrogen-bond acceptors (Lipinski definition) is 4. The van der Waals surface area contributed by atoms with E-state index >= 15 is 0 Å². The van der Waals surface area contributed by atoms with Crippen LogP contribution in [0.2, 0.25) is 5.02 Å². The van der Waals surface area contributed by atoms with Crippen molar-refractivity contribution in [1.29, 1.82) is 0 Å². The predicted octanol–water partition coefficient (Wildman–Crippen LogP) is 4.48. The van der Waals surface area contributed by atoms with Gasteiger partial charge in [-0.3, -0.25) is 4.79 Å². The molecule has 3 aromatic rings. The molecule has 0 spiro atoms. The second-order valence-corrected chi connectivity index (χ2v) is 5.68. The first kappa shape index (κ1) is 17.3. The average molecular weight is 383 g/mol. The lowest BCUT2D eigenvalue weighted by Crippen LogP contribution is -2.13. The molecule has 1 aromatic heterocycles. The minimum Gasteiger partial charge on any atom is -0.340 e. The van der Waals surface area contributed by atoms with Gasteiger partial charge in [0.25, 0.3) is 0 Å². The van der Waals surface area contributed by atoms with Gasteiger partial charge in [0, 0.05) is 17.1 Å². The Kier molecular flexibility index (Phi) is 4.96. The zero-order chi connectivity index (χ0) is 18.0. The summed E-state index contributed by atoms with van der Waals surface area (Å²) in [5.74, 6) is -1.71. The van der Waals surface area contributed by atoms with Crippen LogP contribution in [-0.2, 0) is 4.79 Å². The Balaban J connectivity index is 2.03. The van der Waals surface area contributed by atoms with Crippen molar-refractivity contribution in [2.75, 3.05) is 16.5 Å². The van der Waals surface area contributed by atoms with Crippen molar-refractivity contribution in [3.63, 3.8) is 0 Å². The van der Waals surface area contributed by atoms with Crippen molar-refractivity contribution in [3.05, 3.63) is 53.3 Å². The van der Waals surface area contributed by atoms with Crippen molar-refractivity contribution < 1.29 is 13.6 Å². The molecular formula is C16H10Cl2F2N4O. The largest absolute Gasteiger partial charge is 0.340 e. The fourth-order valence-electron chi connectivity index (χ4n) is 2.17. The van der Waals surface area contributed by atoms with E-state index in [-0.39, 0.29) is 16.6 Å². The topological polar surface area (TPSA) is 66.9 Å². The third-order valence-corrected chi connectivity index (χ3v) is 3.83. The number of alkyl halides is 1. The Hall–Kier alpha value is -2.51. The number of halogens is 4. The van der Waals surface area contributed by atoms with Gasteiger partial charge in [-0.2, -0.15) is 0 Å². The SMILES string of the molecule is O=C(CCl)Nc1cc2c(Nc3ccc(F)c(Cl)c3)ncnc2cc1F. The van der Waals surface area contributed by atoms with E-state index in [0.29, 0.717) is 22.4 Å². The zero-order valence-electron chi connectivity index (χ0n) is 12.5. The second-order valence-electron chi connectivity index (χ2n) is 5.01. The van der Waals surface area contributed by atoms with Gasteiger partial charge in [0.1, 0.15) is 29.7 Å². The second kappa shape index (κ2) is 7.16. The van der Waals surface area contributed by atoms with Gasteiger partial charge in [-0.25, -0.2) is 18.7 Å². The van der Waals surface area contributed by atoms with Gasteiger partial charge in [0.2, 0.25) is 5.91 Å². The normalized spacial score (nSPS) is 10.7. The summed E-state index contributed by atoms with van der Waals surface area (Å²) >= 11 is 11.2. The fourth-order valence-corrected chi connectivity index (χ4v) is 2.41.